The molecule has 1 aliphatic carbocycles. The van der Waals surface area contributed by atoms with E-state index < -0.39 is 5.91 Å². The average molecular weight is 510 g/mol. The molecule has 1 atom stereocenters. The van der Waals surface area contributed by atoms with Crippen LogP contribution < -0.4 is 16.1 Å². The lowest BCUT2D eigenvalue weighted by Gasteiger charge is -2.22. The number of ether oxygens (including phenoxy) is 1. The van der Waals surface area contributed by atoms with Crippen LogP contribution in [-0.2, 0) is 22.6 Å². The maximum absolute atomic E-state index is 12.8. The van der Waals surface area contributed by atoms with Crippen LogP contribution in [-0.4, -0.2) is 29.2 Å². The van der Waals surface area contributed by atoms with Crippen LogP contribution in [0.15, 0.2) is 48.5 Å². The Hall–Kier alpha value is -2.94. The van der Waals surface area contributed by atoms with Gasteiger partial charge in [0, 0.05) is 23.5 Å². The monoisotopic (exact) mass is 509 g/mol. The largest absolute Gasteiger partial charge is 0.461 e. The fourth-order valence-corrected chi connectivity index (χ4v) is 5.59. The second-order valence-electron chi connectivity index (χ2n) is 9.88. The Labute approximate surface area is 216 Å². The van der Waals surface area contributed by atoms with E-state index in [4.69, 9.17) is 9.94 Å². The number of fused-ring (bicyclic) bond motifs is 1. The summed E-state index contributed by atoms with van der Waals surface area (Å²) in [4.78, 5) is 25.0. The molecule has 1 aromatic heterocycles. The first kappa shape index (κ1) is 26.1. The van der Waals surface area contributed by atoms with Crippen LogP contribution in [0.3, 0.4) is 0 Å². The second-order valence-corrected chi connectivity index (χ2v) is 11.0. The van der Waals surface area contributed by atoms with Crippen LogP contribution in [0.2, 0.25) is 0 Å². The molecule has 0 saturated heterocycles. The van der Waals surface area contributed by atoms with E-state index in [1.54, 1.807) is 11.5 Å². The van der Waals surface area contributed by atoms with Crippen molar-refractivity contribution in [1.29, 1.82) is 0 Å². The Bertz CT molecular complexity index is 1190. The fraction of sp³-hybridized carbons (Fsp3) is 0.429. The van der Waals surface area contributed by atoms with E-state index in [2.05, 4.69) is 42.7 Å². The van der Waals surface area contributed by atoms with Gasteiger partial charge in [-0.2, -0.15) is 0 Å². The van der Waals surface area contributed by atoms with E-state index in [1.807, 2.05) is 24.3 Å². The molecule has 1 saturated carbocycles. The number of hydrogen-bond acceptors (Lipinski definition) is 7. The summed E-state index contributed by atoms with van der Waals surface area (Å²) in [6.07, 6.45) is 5.06. The van der Waals surface area contributed by atoms with Crippen molar-refractivity contribution in [3.05, 3.63) is 64.5 Å². The maximum atomic E-state index is 12.8. The van der Waals surface area contributed by atoms with E-state index in [0.29, 0.717) is 23.9 Å². The van der Waals surface area contributed by atoms with Crippen LogP contribution in [0.25, 0.3) is 10.1 Å². The topological polar surface area (TPSA) is 99.7 Å². The molecule has 2 aromatic carbocycles. The number of anilines is 1. The third kappa shape index (κ3) is 7.06. The highest BCUT2D eigenvalue weighted by molar-refractivity contribution is 7.20. The summed E-state index contributed by atoms with van der Waals surface area (Å²) in [7, 11) is 0. The van der Waals surface area contributed by atoms with Gasteiger partial charge in [-0.1, -0.05) is 38.1 Å². The van der Waals surface area contributed by atoms with Crippen LogP contribution in [0.1, 0.15) is 66.8 Å². The zero-order chi connectivity index (χ0) is 25.5. The quantitative estimate of drug-likeness (QED) is 0.152. The van der Waals surface area contributed by atoms with Crippen molar-refractivity contribution in [3.8, 4) is 0 Å². The first-order valence-electron chi connectivity index (χ1n) is 12.6. The zero-order valence-electron chi connectivity index (χ0n) is 20.9. The minimum absolute atomic E-state index is 0.0771. The molecule has 0 spiro atoms. The number of hydroxylamine groups is 1. The maximum Gasteiger partial charge on any atom is 0.323 e. The van der Waals surface area contributed by atoms with Gasteiger partial charge >= 0.3 is 5.97 Å². The molecule has 0 bridgehead atoms. The third-order valence-electron chi connectivity index (χ3n) is 6.46. The standard InChI is InChI=1S/C28H35N3O4S/c1-18(2)12-24(28(33)35-23-8-3-4-9-23)30-17-19-6-5-7-22(13-19)29-16-20-10-11-21-15-26(27(32)31-34)36-25(21)14-20/h5-7,10-11,13-15,18,23-24,29-30,34H,3-4,8-9,12,16-17H2,1-2H3,(H,31,32)/t24-/m0/s1. The SMILES string of the molecule is CC(C)C[C@H](NCc1cccc(NCc2ccc3cc(C(=O)NO)sc3c2)c1)C(=O)OC1CCCC1. The number of nitrogens with one attached hydrogen (secondary N) is 3. The average Bonchev–Trinajstić information content (AvgIpc) is 3.54. The third-order valence-corrected chi connectivity index (χ3v) is 7.56. The van der Waals surface area contributed by atoms with Gasteiger partial charge in [0.2, 0.25) is 0 Å². The van der Waals surface area contributed by atoms with Gasteiger partial charge in [-0.25, -0.2) is 5.48 Å². The molecule has 0 unspecified atom stereocenters. The number of carbonyl (C=O) groups is 2. The van der Waals surface area contributed by atoms with E-state index in [0.717, 1.165) is 59.0 Å². The Morgan fingerprint density at radius 3 is 2.58 bits per heavy atom. The highest BCUT2D eigenvalue weighted by atomic mass is 32.1. The minimum atomic E-state index is -0.497. The fourth-order valence-electron chi connectivity index (χ4n) is 4.58. The van der Waals surface area contributed by atoms with Gasteiger partial charge < -0.3 is 15.4 Å². The molecule has 4 rings (SSSR count). The summed E-state index contributed by atoms with van der Waals surface area (Å²) >= 11 is 1.35. The molecule has 192 valence electrons. The lowest BCUT2D eigenvalue weighted by Crippen LogP contribution is -2.40. The molecule has 36 heavy (non-hydrogen) atoms. The van der Waals surface area contributed by atoms with Gasteiger partial charge in [0.05, 0.1) is 4.88 Å². The summed E-state index contributed by atoms with van der Waals surface area (Å²) in [5.74, 6) is -0.237. The summed E-state index contributed by atoms with van der Waals surface area (Å²) in [6.45, 7) is 5.47. The first-order chi connectivity index (χ1) is 17.4. The first-order valence-corrected chi connectivity index (χ1v) is 13.5. The molecule has 4 N–H and O–H groups in total. The Morgan fingerprint density at radius 2 is 1.83 bits per heavy atom. The lowest BCUT2D eigenvalue weighted by molar-refractivity contribution is -0.151. The molecule has 7 nitrogen and oxygen atoms in total. The predicted molar refractivity (Wildman–Crippen MR) is 143 cm³/mol. The molecular weight excluding hydrogens is 474 g/mol. The summed E-state index contributed by atoms with van der Waals surface area (Å²) in [5, 5.41) is 16.7. The number of thiophene rings is 1. The molecule has 8 heteroatoms. The van der Waals surface area contributed by atoms with Gasteiger partial charge in [0.25, 0.3) is 5.91 Å². The van der Waals surface area contributed by atoms with Crippen molar-refractivity contribution in [1.82, 2.24) is 10.8 Å². The van der Waals surface area contributed by atoms with Gasteiger partial charge in [-0.3, -0.25) is 14.8 Å². The predicted octanol–water partition coefficient (Wildman–Crippen LogP) is 5.62. The van der Waals surface area contributed by atoms with Crippen LogP contribution in [0.5, 0.6) is 0 Å². The lowest BCUT2D eigenvalue weighted by atomic mass is 10.0. The molecule has 3 aromatic rings. The van der Waals surface area contributed by atoms with Crippen molar-refractivity contribution in [3.63, 3.8) is 0 Å². The Morgan fingerprint density at radius 1 is 1.06 bits per heavy atom. The molecule has 1 fully saturated rings. The molecule has 0 radical (unpaired) electrons. The highest BCUT2D eigenvalue weighted by Crippen LogP contribution is 2.27. The van der Waals surface area contributed by atoms with E-state index in [-0.39, 0.29) is 18.1 Å². The smallest absolute Gasteiger partial charge is 0.323 e. The highest BCUT2D eigenvalue weighted by Gasteiger charge is 2.26. The molecule has 0 aliphatic heterocycles. The number of carbonyl (C=O) groups excluding carboxylic acids is 2. The van der Waals surface area contributed by atoms with Gasteiger partial charge in [-0.05, 0) is 78.8 Å². The van der Waals surface area contributed by atoms with E-state index in [9.17, 15) is 9.59 Å². The zero-order valence-corrected chi connectivity index (χ0v) is 21.7. The summed E-state index contributed by atoms with van der Waals surface area (Å²) in [5.41, 5.74) is 4.87. The van der Waals surface area contributed by atoms with Gasteiger partial charge in [0.15, 0.2) is 0 Å². The van der Waals surface area contributed by atoms with Crippen molar-refractivity contribution in [2.75, 3.05) is 5.32 Å². The molecule has 1 aliphatic rings. The normalized spacial score (nSPS) is 14.8. The number of rotatable bonds is 11. The number of esters is 1. The van der Waals surface area contributed by atoms with Crippen LogP contribution in [0, 0.1) is 5.92 Å². The van der Waals surface area contributed by atoms with Crippen LogP contribution >= 0.6 is 11.3 Å². The van der Waals surface area contributed by atoms with Gasteiger partial charge in [0.1, 0.15) is 12.1 Å². The van der Waals surface area contributed by atoms with Crippen molar-refractivity contribution >= 4 is 39.0 Å². The summed E-state index contributed by atoms with van der Waals surface area (Å²) in [6, 6.07) is 15.7. The van der Waals surface area contributed by atoms with E-state index >= 15 is 0 Å². The minimum Gasteiger partial charge on any atom is -0.461 e. The van der Waals surface area contributed by atoms with Gasteiger partial charge in [-0.15, -0.1) is 11.3 Å². The van der Waals surface area contributed by atoms with E-state index in [1.165, 1.54) is 11.3 Å². The van der Waals surface area contributed by atoms with Crippen LogP contribution in [0.4, 0.5) is 5.69 Å². The molecule has 1 heterocycles. The number of amides is 1. The Kier molecular flexibility index (Phi) is 8.96. The molecular formula is C28H35N3O4S. The van der Waals surface area contributed by atoms with Crippen molar-refractivity contribution < 1.29 is 19.5 Å². The number of benzene rings is 2. The van der Waals surface area contributed by atoms with Crippen molar-refractivity contribution in [2.24, 2.45) is 5.92 Å². The molecule has 1 amide bonds. The summed E-state index contributed by atoms with van der Waals surface area (Å²) < 4.78 is 6.77. The second kappa shape index (κ2) is 12.3. The number of hydrogen-bond donors (Lipinski definition) is 4. The Balaban J connectivity index is 1.34. The van der Waals surface area contributed by atoms with Crippen molar-refractivity contribution in [2.45, 2.75) is 71.2 Å².